The van der Waals surface area contributed by atoms with Gasteiger partial charge in [0.05, 0.1) is 16.8 Å². The van der Waals surface area contributed by atoms with Crippen molar-refractivity contribution < 1.29 is 14.3 Å². The Labute approximate surface area is 120 Å². The van der Waals surface area contributed by atoms with E-state index in [4.69, 9.17) is 26.8 Å². The van der Waals surface area contributed by atoms with Crippen LogP contribution in [0.5, 0.6) is 5.75 Å². The largest absolute Gasteiger partial charge is 0.475 e. The van der Waals surface area contributed by atoms with Gasteiger partial charge in [-0.3, -0.25) is 0 Å². The molecule has 1 rings (SSSR count). The number of carbonyl (C=O) groups excluding carboxylic acids is 1. The summed E-state index contributed by atoms with van der Waals surface area (Å²) in [5.74, 6) is 0.000512. The van der Waals surface area contributed by atoms with Gasteiger partial charge in [0, 0.05) is 5.02 Å². The Morgan fingerprint density at radius 1 is 1.50 bits per heavy atom. The summed E-state index contributed by atoms with van der Waals surface area (Å²) >= 11 is 9.15. The third-order valence-electron chi connectivity index (χ3n) is 2.22. The Kier molecular flexibility index (Phi) is 5.75. The van der Waals surface area contributed by atoms with Gasteiger partial charge in [0.2, 0.25) is 0 Å². The van der Waals surface area contributed by atoms with Gasteiger partial charge in [-0.15, -0.1) is 0 Å². The molecule has 1 atom stereocenters. The van der Waals surface area contributed by atoms with E-state index in [0.717, 1.165) is 0 Å². The summed E-state index contributed by atoms with van der Waals surface area (Å²) in [6, 6.07) is 3.23. The molecule has 0 aliphatic carbocycles. The van der Waals surface area contributed by atoms with E-state index in [9.17, 15) is 4.79 Å². The number of esters is 1. The van der Waals surface area contributed by atoms with Crippen LogP contribution in [-0.4, -0.2) is 18.7 Å². The predicted octanol–water partition coefficient (Wildman–Crippen LogP) is 3.41. The summed E-state index contributed by atoms with van der Waals surface area (Å²) in [6.45, 7) is 3.90. The number of hydrogen-bond acceptors (Lipinski definition) is 4. The molecule has 1 unspecified atom stereocenters. The van der Waals surface area contributed by atoms with E-state index in [2.05, 4.69) is 15.9 Å². The van der Waals surface area contributed by atoms with Crippen LogP contribution in [0, 0.1) is 0 Å². The van der Waals surface area contributed by atoms with E-state index in [1.807, 2.05) is 6.92 Å². The van der Waals surface area contributed by atoms with Crippen LogP contribution < -0.4 is 10.5 Å². The van der Waals surface area contributed by atoms with E-state index in [1.165, 1.54) is 0 Å². The molecular formula is C12H15BrClNO3. The van der Waals surface area contributed by atoms with Crippen molar-refractivity contribution in [3.63, 3.8) is 0 Å². The number of rotatable bonds is 5. The molecule has 0 spiro atoms. The van der Waals surface area contributed by atoms with Crippen LogP contribution in [-0.2, 0) is 9.53 Å². The Bertz CT molecular complexity index is 416. The molecule has 0 saturated carbocycles. The lowest BCUT2D eigenvalue weighted by Crippen LogP contribution is -2.29. The highest BCUT2D eigenvalue weighted by Crippen LogP contribution is 2.35. The van der Waals surface area contributed by atoms with E-state index < -0.39 is 12.1 Å². The maximum Gasteiger partial charge on any atom is 0.347 e. The van der Waals surface area contributed by atoms with E-state index in [1.54, 1.807) is 19.1 Å². The van der Waals surface area contributed by atoms with Crippen molar-refractivity contribution in [2.45, 2.75) is 26.4 Å². The van der Waals surface area contributed by atoms with E-state index >= 15 is 0 Å². The second-order valence-corrected chi connectivity index (χ2v) is 4.86. The average molecular weight is 337 g/mol. The molecule has 6 heteroatoms. The maximum atomic E-state index is 11.6. The highest BCUT2D eigenvalue weighted by atomic mass is 79.9. The quantitative estimate of drug-likeness (QED) is 0.661. The highest BCUT2D eigenvalue weighted by Gasteiger charge is 2.22. The monoisotopic (exact) mass is 335 g/mol. The summed E-state index contributed by atoms with van der Waals surface area (Å²) in [7, 11) is 0. The number of nitrogen functional groups attached to an aromatic ring is 1. The molecule has 0 amide bonds. The van der Waals surface area contributed by atoms with Crippen molar-refractivity contribution in [1.29, 1.82) is 0 Å². The van der Waals surface area contributed by atoms with Crippen LogP contribution in [0.15, 0.2) is 16.6 Å². The van der Waals surface area contributed by atoms with Crippen molar-refractivity contribution in [2.75, 3.05) is 12.3 Å². The average Bonchev–Trinajstić information content (AvgIpc) is 2.28. The molecule has 0 saturated heterocycles. The van der Waals surface area contributed by atoms with Gasteiger partial charge in [-0.1, -0.05) is 18.5 Å². The molecule has 4 nitrogen and oxygen atoms in total. The minimum atomic E-state index is -0.676. The maximum absolute atomic E-state index is 11.6. The van der Waals surface area contributed by atoms with Crippen LogP contribution in [0.2, 0.25) is 5.02 Å². The van der Waals surface area contributed by atoms with E-state index in [0.29, 0.717) is 34.0 Å². The van der Waals surface area contributed by atoms with Crippen molar-refractivity contribution >= 4 is 39.2 Å². The first kappa shape index (κ1) is 15.1. The minimum Gasteiger partial charge on any atom is -0.475 e. The first-order chi connectivity index (χ1) is 8.49. The van der Waals surface area contributed by atoms with Crippen LogP contribution >= 0.6 is 27.5 Å². The summed E-state index contributed by atoms with van der Waals surface area (Å²) in [6.07, 6.45) is -0.183. The highest BCUT2D eigenvalue weighted by molar-refractivity contribution is 9.10. The van der Waals surface area contributed by atoms with Gasteiger partial charge in [0.1, 0.15) is 0 Å². The predicted molar refractivity (Wildman–Crippen MR) is 74.9 cm³/mol. The fourth-order valence-corrected chi connectivity index (χ4v) is 2.31. The number of carbonyl (C=O) groups is 1. The molecule has 0 heterocycles. The standard InChI is InChI=1S/C12H15BrClNO3/c1-3-10(12(16)17-4-2)18-11-8(13)5-7(14)6-9(11)15/h5-6,10H,3-4,15H2,1-2H3. The van der Waals surface area contributed by atoms with Crippen molar-refractivity contribution in [2.24, 2.45) is 0 Å². The molecule has 0 fully saturated rings. The van der Waals surface area contributed by atoms with Gasteiger partial charge in [0.15, 0.2) is 11.9 Å². The molecule has 2 N–H and O–H groups in total. The van der Waals surface area contributed by atoms with Crippen LogP contribution in [0.3, 0.4) is 0 Å². The Morgan fingerprint density at radius 2 is 2.17 bits per heavy atom. The summed E-state index contributed by atoms with van der Waals surface area (Å²) in [5.41, 5.74) is 6.18. The molecule has 0 aliphatic heterocycles. The number of halogens is 2. The molecule has 0 aromatic heterocycles. The molecule has 100 valence electrons. The topological polar surface area (TPSA) is 61.5 Å². The molecule has 18 heavy (non-hydrogen) atoms. The Morgan fingerprint density at radius 3 is 2.67 bits per heavy atom. The smallest absolute Gasteiger partial charge is 0.347 e. The van der Waals surface area contributed by atoms with Crippen molar-refractivity contribution in [1.82, 2.24) is 0 Å². The van der Waals surface area contributed by atoms with Gasteiger partial charge < -0.3 is 15.2 Å². The summed E-state index contributed by atoms with van der Waals surface area (Å²) in [4.78, 5) is 11.6. The third kappa shape index (κ3) is 3.78. The summed E-state index contributed by atoms with van der Waals surface area (Å²) in [5, 5.41) is 0.496. The van der Waals surface area contributed by atoms with Gasteiger partial charge in [-0.25, -0.2) is 4.79 Å². The van der Waals surface area contributed by atoms with Crippen LogP contribution in [0.4, 0.5) is 5.69 Å². The molecule has 1 aromatic carbocycles. The molecule has 0 radical (unpaired) electrons. The number of hydrogen-bond donors (Lipinski definition) is 1. The fraction of sp³-hybridized carbons (Fsp3) is 0.417. The van der Waals surface area contributed by atoms with Crippen LogP contribution in [0.1, 0.15) is 20.3 Å². The van der Waals surface area contributed by atoms with Crippen molar-refractivity contribution in [3.8, 4) is 5.75 Å². The summed E-state index contributed by atoms with van der Waals surface area (Å²) < 4.78 is 11.1. The van der Waals surface area contributed by atoms with Gasteiger partial charge in [-0.2, -0.15) is 0 Å². The number of ether oxygens (including phenoxy) is 2. The van der Waals surface area contributed by atoms with Gasteiger partial charge in [0.25, 0.3) is 0 Å². The lowest BCUT2D eigenvalue weighted by molar-refractivity contribution is -0.151. The van der Waals surface area contributed by atoms with E-state index in [-0.39, 0.29) is 0 Å². The third-order valence-corrected chi connectivity index (χ3v) is 3.02. The first-order valence-electron chi connectivity index (χ1n) is 5.57. The zero-order chi connectivity index (χ0) is 13.7. The Balaban J connectivity index is 2.92. The molecule has 0 aliphatic rings. The molecular weight excluding hydrogens is 321 g/mol. The lowest BCUT2D eigenvalue weighted by Gasteiger charge is -2.18. The lowest BCUT2D eigenvalue weighted by atomic mass is 10.2. The van der Waals surface area contributed by atoms with Gasteiger partial charge in [-0.05, 0) is 41.4 Å². The van der Waals surface area contributed by atoms with Gasteiger partial charge >= 0.3 is 5.97 Å². The zero-order valence-electron chi connectivity index (χ0n) is 10.2. The zero-order valence-corrected chi connectivity index (χ0v) is 12.5. The fourth-order valence-electron chi connectivity index (χ4n) is 1.38. The number of benzene rings is 1. The number of nitrogens with two attached hydrogens (primary N) is 1. The number of anilines is 1. The van der Waals surface area contributed by atoms with Crippen molar-refractivity contribution in [3.05, 3.63) is 21.6 Å². The van der Waals surface area contributed by atoms with Crippen LogP contribution in [0.25, 0.3) is 0 Å². The normalized spacial score (nSPS) is 12.0. The minimum absolute atomic E-state index is 0.315. The second kappa shape index (κ2) is 6.85. The molecule has 1 aromatic rings. The molecule has 0 bridgehead atoms. The second-order valence-electron chi connectivity index (χ2n) is 3.57. The first-order valence-corrected chi connectivity index (χ1v) is 6.74. The SMILES string of the molecule is CCOC(=O)C(CC)Oc1c(N)cc(Cl)cc1Br. The Hall–Kier alpha value is -0.940.